The molecular formula is C19H12Cl2F6N2S2. The van der Waals surface area contributed by atoms with Gasteiger partial charge in [-0.3, -0.25) is 0 Å². The first-order valence-corrected chi connectivity index (χ1v) is 11.0. The normalized spacial score (nSPS) is 14.5. The number of halogens is 8. The summed E-state index contributed by atoms with van der Waals surface area (Å²) in [7, 11) is 0. The predicted octanol–water partition coefficient (Wildman–Crippen LogP) is 8.51. The largest absolute Gasteiger partial charge is 0.404 e. The zero-order valence-corrected chi connectivity index (χ0v) is 18.3. The van der Waals surface area contributed by atoms with E-state index < -0.39 is 22.9 Å². The third-order valence-electron chi connectivity index (χ3n) is 3.98. The lowest BCUT2D eigenvalue weighted by Gasteiger charge is -2.22. The quantitative estimate of drug-likeness (QED) is 0.263. The van der Waals surface area contributed by atoms with Crippen molar-refractivity contribution in [3.05, 3.63) is 76.0 Å². The Bertz CT molecular complexity index is 924. The second-order valence-electron chi connectivity index (χ2n) is 6.22. The molecule has 2 atom stereocenters. The van der Waals surface area contributed by atoms with Crippen molar-refractivity contribution in [2.45, 2.75) is 32.9 Å². The molecule has 2 nitrogen and oxygen atoms in total. The van der Waals surface area contributed by atoms with Gasteiger partial charge in [0.15, 0.2) is 0 Å². The summed E-state index contributed by atoms with van der Waals surface area (Å²) in [6.45, 7) is 0. The summed E-state index contributed by atoms with van der Waals surface area (Å²) in [4.78, 5) is 6.35. The zero-order chi connectivity index (χ0) is 22.8. The van der Waals surface area contributed by atoms with Gasteiger partial charge in [-0.2, -0.15) is 26.3 Å². The lowest BCUT2D eigenvalue weighted by molar-refractivity contribution is -0.130. The number of imidazole rings is 1. The summed E-state index contributed by atoms with van der Waals surface area (Å²) in [5, 5.41) is -3.84. The standard InChI is InChI=1S/C19H12Cl2F6N2S2/c20-12-5-1-10(2-6-12)14(18(22,23)24)30-16-17(29-9-28-16)31-15(19(25,26)27)11-3-7-13(21)8-4-11/h1-9,14-15H,(H,28,29). The Morgan fingerprint density at radius 1 is 0.710 bits per heavy atom. The highest BCUT2D eigenvalue weighted by molar-refractivity contribution is 8.02. The minimum absolute atomic E-state index is 0.0856. The fourth-order valence-electron chi connectivity index (χ4n) is 2.59. The Hall–Kier alpha value is -1.49. The van der Waals surface area contributed by atoms with Crippen LogP contribution in [0.5, 0.6) is 0 Å². The minimum Gasteiger partial charge on any atom is -0.339 e. The maximum absolute atomic E-state index is 13.7. The van der Waals surface area contributed by atoms with Crippen LogP contribution in [0.4, 0.5) is 26.3 Å². The smallest absolute Gasteiger partial charge is 0.339 e. The molecule has 1 aromatic heterocycles. The first kappa shape index (κ1) is 24.2. The second kappa shape index (κ2) is 9.56. The molecule has 0 aliphatic heterocycles. The lowest BCUT2D eigenvalue weighted by Crippen LogP contribution is -2.19. The summed E-state index contributed by atoms with van der Waals surface area (Å²) in [5.41, 5.74) is -0.177. The molecule has 31 heavy (non-hydrogen) atoms. The fraction of sp³-hybridized carbons (Fsp3) is 0.211. The molecule has 0 amide bonds. The number of aromatic amines is 1. The Morgan fingerprint density at radius 2 is 1.13 bits per heavy atom. The van der Waals surface area contributed by atoms with Crippen LogP contribution >= 0.6 is 46.7 Å². The van der Waals surface area contributed by atoms with Crippen LogP contribution in [0.2, 0.25) is 10.0 Å². The zero-order valence-electron chi connectivity index (χ0n) is 15.1. The van der Waals surface area contributed by atoms with E-state index >= 15 is 0 Å². The predicted molar refractivity (Wildman–Crippen MR) is 111 cm³/mol. The summed E-state index contributed by atoms with van der Waals surface area (Å²) in [6, 6.07) is 10.2. The average Bonchev–Trinajstić information content (AvgIpc) is 3.11. The van der Waals surface area contributed by atoms with Crippen molar-refractivity contribution in [2.24, 2.45) is 0 Å². The molecule has 0 spiro atoms. The highest BCUT2D eigenvalue weighted by Gasteiger charge is 2.44. The van der Waals surface area contributed by atoms with E-state index in [2.05, 4.69) is 9.97 Å². The first-order chi connectivity index (χ1) is 14.4. The summed E-state index contributed by atoms with van der Waals surface area (Å²) >= 11 is 12.1. The number of benzene rings is 2. The Balaban J connectivity index is 1.90. The van der Waals surface area contributed by atoms with E-state index in [9.17, 15) is 26.3 Å². The fourth-order valence-corrected chi connectivity index (χ4v) is 5.00. The van der Waals surface area contributed by atoms with E-state index in [1.54, 1.807) is 0 Å². The number of aromatic nitrogens is 2. The molecule has 3 rings (SSSR count). The van der Waals surface area contributed by atoms with Gasteiger partial charge >= 0.3 is 12.4 Å². The highest BCUT2D eigenvalue weighted by atomic mass is 35.5. The molecule has 0 aliphatic rings. The molecule has 0 saturated heterocycles. The van der Waals surface area contributed by atoms with Crippen LogP contribution in [-0.2, 0) is 0 Å². The monoisotopic (exact) mass is 516 g/mol. The van der Waals surface area contributed by atoms with Gasteiger partial charge in [-0.1, -0.05) is 71.0 Å². The second-order valence-corrected chi connectivity index (χ2v) is 9.30. The van der Waals surface area contributed by atoms with E-state index in [1.807, 2.05) is 0 Å². The summed E-state index contributed by atoms with van der Waals surface area (Å²) in [5.74, 6) is 0. The van der Waals surface area contributed by atoms with Gasteiger partial charge in [0, 0.05) is 10.0 Å². The number of nitrogens with zero attached hydrogens (tertiary/aromatic N) is 1. The van der Waals surface area contributed by atoms with Gasteiger partial charge in [0.05, 0.1) is 6.33 Å². The van der Waals surface area contributed by atoms with Crippen LogP contribution < -0.4 is 0 Å². The van der Waals surface area contributed by atoms with E-state index in [-0.39, 0.29) is 31.2 Å². The van der Waals surface area contributed by atoms with Gasteiger partial charge in [-0.25, -0.2) is 4.98 Å². The van der Waals surface area contributed by atoms with Gasteiger partial charge in [-0.15, -0.1) is 0 Å². The molecule has 3 aromatic rings. The maximum atomic E-state index is 13.7. The number of H-pyrrole nitrogens is 1. The minimum atomic E-state index is -4.67. The van der Waals surface area contributed by atoms with Crippen LogP contribution in [0, 0.1) is 0 Å². The van der Waals surface area contributed by atoms with Gasteiger partial charge in [0.1, 0.15) is 20.6 Å². The molecule has 0 fully saturated rings. The van der Waals surface area contributed by atoms with E-state index in [1.165, 1.54) is 48.5 Å². The molecule has 1 N–H and O–H groups in total. The van der Waals surface area contributed by atoms with Crippen molar-refractivity contribution in [2.75, 3.05) is 0 Å². The van der Waals surface area contributed by atoms with E-state index in [0.717, 1.165) is 6.33 Å². The third kappa shape index (κ3) is 6.27. The summed E-state index contributed by atoms with van der Waals surface area (Å²) < 4.78 is 82.2. The van der Waals surface area contributed by atoms with Crippen LogP contribution in [0.1, 0.15) is 21.6 Å². The first-order valence-electron chi connectivity index (χ1n) is 8.46. The van der Waals surface area contributed by atoms with Crippen LogP contribution in [0.3, 0.4) is 0 Å². The number of hydrogen-bond acceptors (Lipinski definition) is 3. The van der Waals surface area contributed by atoms with Crippen molar-refractivity contribution >= 4 is 46.7 Å². The van der Waals surface area contributed by atoms with Crippen LogP contribution in [0.15, 0.2) is 64.9 Å². The van der Waals surface area contributed by atoms with Crippen molar-refractivity contribution in [3.8, 4) is 0 Å². The molecule has 2 unspecified atom stereocenters. The van der Waals surface area contributed by atoms with Crippen molar-refractivity contribution < 1.29 is 26.3 Å². The van der Waals surface area contributed by atoms with E-state index in [0.29, 0.717) is 23.5 Å². The van der Waals surface area contributed by atoms with Gasteiger partial charge < -0.3 is 4.98 Å². The Labute approximate surface area is 191 Å². The Kier molecular flexibility index (Phi) is 7.45. The average molecular weight is 517 g/mol. The highest BCUT2D eigenvalue weighted by Crippen LogP contribution is 2.52. The maximum Gasteiger partial charge on any atom is 0.404 e. The van der Waals surface area contributed by atoms with Gasteiger partial charge in [0.25, 0.3) is 0 Å². The molecule has 0 radical (unpaired) electrons. The van der Waals surface area contributed by atoms with E-state index in [4.69, 9.17) is 23.2 Å². The third-order valence-corrected chi connectivity index (χ3v) is 7.24. The number of hydrogen-bond donors (Lipinski definition) is 1. The molecule has 166 valence electrons. The lowest BCUT2D eigenvalue weighted by atomic mass is 10.1. The van der Waals surface area contributed by atoms with Crippen LogP contribution in [-0.4, -0.2) is 22.3 Å². The molecule has 0 saturated carbocycles. The molecular weight excluding hydrogens is 505 g/mol. The van der Waals surface area contributed by atoms with Gasteiger partial charge in [-0.05, 0) is 35.4 Å². The molecule has 0 bridgehead atoms. The number of nitrogens with one attached hydrogen (secondary N) is 1. The van der Waals surface area contributed by atoms with Crippen molar-refractivity contribution in [3.63, 3.8) is 0 Å². The topological polar surface area (TPSA) is 28.7 Å². The Morgan fingerprint density at radius 3 is 1.55 bits per heavy atom. The SMILES string of the molecule is FC(F)(F)C(Sc1nc[nH]c1SC(c1ccc(Cl)cc1)C(F)(F)F)c1ccc(Cl)cc1. The summed E-state index contributed by atoms with van der Waals surface area (Å²) in [6.07, 6.45) is -8.26. The molecule has 12 heteroatoms. The number of thioether (sulfide) groups is 2. The van der Waals surface area contributed by atoms with Gasteiger partial charge in [0.2, 0.25) is 0 Å². The number of rotatable bonds is 6. The number of alkyl halides is 6. The van der Waals surface area contributed by atoms with Crippen molar-refractivity contribution in [1.29, 1.82) is 0 Å². The molecule has 2 aromatic carbocycles. The molecule has 0 aliphatic carbocycles. The van der Waals surface area contributed by atoms with Crippen LogP contribution in [0.25, 0.3) is 0 Å². The van der Waals surface area contributed by atoms with Crippen molar-refractivity contribution in [1.82, 2.24) is 9.97 Å². The molecule has 1 heterocycles.